The molecule has 3 aliphatic rings. The molecule has 2 aliphatic carbocycles. The molecule has 4 aromatic rings. The van der Waals surface area contributed by atoms with Gasteiger partial charge in [-0.2, -0.15) is 5.10 Å². The van der Waals surface area contributed by atoms with Gasteiger partial charge >= 0.3 is 0 Å². The first-order valence-electron chi connectivity index (χ1n) is 14.9. The van der Waals surface area contributed by atoms with Crippen LogP contribution in [0.5, 0.6) is 0 Å². The number of aromatic nitrogens is 5. The fourth-order valence-corrected chi connectivity index (χ4v) is 7.30. The number of aliphatic hydroxyl groups excluding tert-OH is 1. The fourth-order valence-electron chi connectivity index (χ4n) is 7.30. The summed E-state index contributed by atoms with van der Waals surface area (Å²) in [6.45, 7) is 11.0. The molecule has 1 aromatic carbocycles. The summed E-state index contributed by atoms with van der Waals surface area (Å²) in [4.78, 5) is 14.8. The maximum absolute atomic E-state index is 11.6. The number of rotatable bonds is 7. The molecule has 5 N–H and O–H groups in total. The Morgan fingerprint density at radius 1 is 1.22 bits per heavy atom. The average molecular weight is 560 g/mol. The van der Waals surface area contributed by atoms with Gasteiger partial charge in [-0.05, 0) is 74.3 Å². The minimum absolute atomic E-state index is 0.109. The highest BCUT2D eigenvalue weighted by Gasteiger charge is 2.79. The van der Waals surface area contributed by atoms with E-state index in [1.54, 1.807) is 4.52 Å². The molecule has 0 amide bonds. The SMILES string of the molecule is CC(C)N(C1CC(CCc2nc3ccc(C(C)(C)C)cc3[nH]2)C1)C1[C@H]2O[C@@H](c3ccc4c(N)ncnn34)[C@H](O)[C@@]12O. The van der Waals surface area contributed by atoms with Crippen molar-refractivity contribution in [2.45, 2.75) is 108 Å². The van der Waals surface area contributed by atoms with E-state index in [1.165, 1.54) is 11.9 Å². The number of imidazole rings is 1. The molecule has 7 rings (SSSR count). The van der Waals surface area contributed by atoms with Crippen LogP contribution in [0.2, 0.25) is 0 Å². The number of nitrogens with one attached hydrogen (secondary N) is 1. The van der Waals surface area contributed by atoms with E-state index in [4.69, 9.17) is 15.5 Å². The van der Waals surface area contributed by atoms with Crippen molar-refractivity contribution in [2.75, 3.05) is 5.73 Å². The fraction of sp³-hybridized carbons (Fsp3) is 0.581. The van der Waals surface area contributed by atoms with Crippen molar-refractivity contribution >= 4 is 22.4 Å². The lowest BCUT2D eigenvalue weighted by molar-refractivity contribution is -0.0804. The summed E-state index contributed by atoms with van der Waals surface area (Å²) >= 11 is 0. The molecule has 4 heterocycles. The molecule has 2 saturated carbocycles. The summed E-state index contributed by atoms with van der Waals surface area (Å²) in [7, 11) is 0. The van der Waals surface area contributed by atoms with Crippen LogP contribution < -0.4 is 5.73 Å². The Bertz CT molecular complexity index is 1600. The number of nitrogens with two attached hydrogens (primary N) is 1. The first kappa shape index (κ1) is 26.8. The predicted molar refractivity (Wildman–Crippen MR) is 156 cm³/mol. The van der Waals surface area contributed by atoms with Crippen LogP contribution in [0.15, 0.2) is 36.7 Å². The summed E-state index contributed by atoms with van der Waals surface area (Å²) in [5.74, 6) is 2.03. The number of hydrogen-bond donors (Lipinski definition) is 4. The molecular formula is C31H41N7O3. The van der Waals surface area contributed by atoms with E-state index in [1.807, 2.05) is 12.1 Å². The number of fused-ring (bicyclic) bond motifs is 3. The maximum atomic E-state index is 11.6. The zero-order valence-electron chi connectivity index (χ0n) is 24.5. The minimum atomic E-state index is -1.30. The Morgan fingerprint density at radius 3 is 2.68 bits per heavy atom. The van der Waals surface area contributed by atoms with Crippen molar-refractivity contribution in [2.24, 2.45) is 5.92 Å². The highest BCUT2D eigenvalue weighted by atomic mass is 16.6. The summed E-state index contributed by atoms with van der Waals surface area (Å²) in [5, 5.41) is 27.2. The van der Waals surface area contributed by atoms with Crippen molar-refractivity contribution in [3.05, 3.63) is 53.7 Å². The molecule has 41 heavy (non-hydrogen) atoms. The number of nitrogens with zero attached hydrogens (tertiary/aromatic N) is 5. The molecule has 1 unspecified atom stereocenters. The van der Waals surface area contributed by atoms with Gasteiger partial charge in [-0.15, -0.1) is 0 Å². The van der Waals surface area contributed by atoms with Crippen molar-refractivity contribution in [3.8, 4) is 0 Å². The largest absolute Gasteiger partial charge is 0.387 e. The second-order valence-electron chi connectivity index (χ2n) is 13.7. The van der Waals surface area contributed by atoms with E-state index < -0.39 is 23.9 Å². The van der Waals surface area contributed by atoms with E-state index in [-0.39, 0.29) is 17.5 Å². The van der Waals surface area contributed by atoms with E-state index in [0.717, 1.165) is 42.5 Å². The lowest BCUT2D eigenvalue weighted by Gasteiger charge is -2.46. The third-order valence-electron chi connectivity index (χ3n) is 9.70. The Balaban J connectivity index is 0.986. The van der Waals surface area contributed by atoms with E-state index in [0.29, 0.717) is 29.0 Å². The Hall–Kier alpha value is -3.05. The zero-order valence-corrected chi connectivity index (χ0v) is 24.5. The molecule has 3 aromatic heterocycles. The quantitative estimate of drug-likeness (QED) is 0.270. The monoisotopic (exact) mass is 559 g/mol. The summed E-state index contributed by atoms with van der Waals surface area (Å²) < 4.78 is 7.96. The molecule has 0 radical (unpaired) electrons. The van der Waals surface area contributed by atoms with E-state index in [9.17, 15) is 10.2 Å². The van der Waals surface area contributed by atoms with Gasteiger partial charge < -0.3 is 25.7 Å². The second-order valence-corrected chi connectivity index (χ2v) is 13.7. The standard InChI is InChI=1S/C31H41N7O3/c1-16(2)37(19-12-17(13-19)6-11-24-35-20-8-7-18(30(3,4)5)14-21(20)36-24)26-28-31(26,40)27(39)25(41-28)22-9-10-23-29(32)33-15-34-38(22)23/h7-10,14-17,19,25-28,39-40H,6,11-13H2,1-5H3,(H,35,36)(H2,32,33,34)/t17?,19?,25-,26?,27-,28+,31-/m0/s1. The van der Waals surface area contributed by atoms with Crippen LogP contribution in [0, 0.1) is 5.92 Å². The Kier molecular flexibility index (Phi) is 6.04. The average Bonchev–Trinajstić information content (AvgIpc) is 3.26. The number of aryl methyl sites for hydroxylation is 1. The van der Waals surface area contributed by atoms with Crippen LogP contribution in [0.4, 0.5) is 5.82 Å². The molecule has 0 spiro atoms. The van der Waals surface area contributed by atoms with Crippen molar-refractivity contribution in [1.29, 1.82) is 0 Å². The van der Waals surface area contributed by atoms with Crippen LogP contribution >= 0.6 is 0 Å². The van der Waals surface area contributed by atoms with Gasteiger partial charge in [0, 0.05) is 18.5 Å². The Morgan fingerprint density at radius 2 is 2.00 bits per heavy atom. The molecule has 10 nitrogen and oxygen atoms in total. The van der Waals surface area contributed by atoms with Gasteiger partial charge in [-0.1, -0.05) is 26.8 Å². The number of aromatic amines is 1. The highest BCUT2D eigenvalue weighted by Crippen LogP contribution is 2.59. The number of H-pyrrole nitrogens is 1. The minimum Gasteiger partial charge on any atom is -0.387 e. The van der Waals surface area contributed by atoms with Gasteiger partial charge in [0.2, 0.25) is 0 Å². The lowest BCUT2D eigenvalue weighted by Crippen LogP contribution is -2.53. The number of hydrogen-bond acceptors (Lipinski definition) is 8. The van der Waals surface area contributed by atoms with Crippen LogP contribution in [-0.4, -0.2) is 75.6 Å². The van der Waals surface area contributed by atoms with Crippen molar-refractivity contribution < 1.29 is 14.9 Å². The first-order chi connectivity index (χ1) is 19.5. The van der Waals surface area contributed by atoms with Gasteiger partial charge in [-0.3, -0.25) is 4.90 Å². The van der Waals surface area contributed by atoms with E-state index in [2.05, 4.69) is 72.8 Å². The third-order valence-corrected chi connectivity index (χ3v) is 9.70. The predicted octanol–water partition coefficient (Wildman–Crippen LogP) is 3.52. The topological polar surface area (TPSA) is 138 Å². The number of benzene rings is 1. The summed E-state index contributed by atoms with van der Waals surface area (Å²) in [6.07, 6.45) is 3.37. The number of ether oxygens (including phenoxy) is 1. The molecule has 3 fully saturated rings. The van der Waals surface area contributed by atoms with Gasteiger partial charge in [0.15, 0.2) is 5.82 Å². The zero-order chi connectivity index (χ0) is 28.8. The summed E-state index contributed by atoms with van der Waals surface area (Å²) in [5.41, 5.74) is 9.56. The molecular weight excluding hydrogens is 518 g/mol. The smallest absolute Gasteiger partial charge is 0.151 e. The van der Waals surface area contributed by atoms with Gasteiger partial charge in [0.1, 0.15) is 41.6 Å². The third kappa shape index (κ3) is 4.18. The molecule has 0 bridgehead atoms. The number of nitrogen functional groups attached to an aromatic ring is 1. The van der Waals surface area contributed by atoms with E-state index >= 15 is 0 Å². The molecule has 5 atom stereocenters. The van der Waals surface area contributed by atoms with Gasteiger partial charge in [-0.25, -0.2) is 14.5 Å². The van der Waals surface area contributed by atoms with Crippen LogP contribution in [0.25, 0.3) is 16.6 Å². The molecule has 1 aliphatic heterocycles. The molecule has 10 heteroatoms. The van der Waals surface area contributed by atoms with Crippen molar-refractivity contribution in [3.63, 3.8) is 0 Å². The van der Waals surface area contributed by atoms with Gasteiger partial charge in [0.25, 0.3) is 0 Å². The lowest BCUT2D eigenvalue weighted by atomic mass is 9.76. The van der Waals surface area contributed by atoms with Crippen LogP contribution in [0.1, 0.15) is 77.1 Å². The maximum Gasteiger partial charge on any atom is 0.151 e. The molecule has 1 saturated heterocycles. The highest BCUT2D eigenvalue weighted by molar-refractivity contribution is 5.76. The number of anilines is 1. The van der Waals surface area contributed by atoms with Crippen LogP contribution in [0.3, 0.4) is 0 Å². The molecule has 218 valence electrons. The normalized spacial score (nSPS) is 31.3. The van der Waals surface area contributed by atoms with Gasteiger partial charge in [0.05, 0.1) is 22.8 Å². The Labute approximate surface area is 239 Å². The summed E-state index contributed by atoms with van der Waals surface area (Å²) in [6, 6.07) is 10.5. The van der Waals surface area contributed by atoms with Crippen molar-refractivity contribution in [1.82, 2.24) is 29.5 Å². The number of aliphatic hydroxyl groups is 2. The second kappa shape index (κ2) is 9.22. The first-order valence-corrected chi connectivity index (χ1v) is 14.9. The van der Waals surface area contributed by atoms with Crippen LogP contribution in [-0.2, 0) is 16.6 Å².